The van der Waals surface area contributed by atoms with Crippen LogP contribution in [0.25, 0.3) is 21.9 Å². The summed E-state index contributed by atoms with van der Waals surface area (Å²) in [6.07, 6.45) is 3.81. The standard InChI is InChI=1S/C31H34N4O3/c1-5-10-25(18-29(36)38-4)35-26-16-15-24(32-23-12-7-6-8-13-23)17-28(26)34(31(35)37)20-22-19-33(3)27-14-9-11-21(2)30(22)27/h6-9,11-17,19,25,32H,5,10,18,20H2,1-4H3. The number of anilines is 2. The van der Waals surface area contributed by atoms with Crippen LogP contribution in [0, 0.1) is 6.92 Å². The second kappa shape index (κ2) is 10.6. The third kappa shape index (κ3) is 4.72. The van der Waals surface area contributed by atoms with Crippen molar-refractivity contribution in [2.24, 2.45) is 7.05 Å². The smallest absolute Gasteiger partial charge is 0.329 e. The maximum Gasteiger partial charge on any atom is 0.329 e. The van der Waals surface area contributed by atoms with E-state index in [-0.39, 0.29) is 24.1 Å². The molecule has 0 saturated carbocycles. The number of imidazole rings is 1. The number of nitrogens with zero attached hydrogens (tertiary/aromatic N) is 3. The summed E-state index contributed by atoms with van der Waals surface area (Å²) < 4.78 is 10.7. The molecule has 0 fully saturated rings. The average Bonchev–Trinajstić information content (AvgIpc) is 3.38. The summed E-state index contributed by atoms with van der Waals surface area (Å²) in [5.41, 5.74) is 6.78. The lowest BCUT2D eigenvalue weighted by atomic mass is 10.1. The van der Waals surface area contributed by atoms with Crippen molar-refractivity contribution in [1.82, 2.24) is 13.7 Å². The largest absolute Gasteiger partial charge is 0.469 e. The topological polar surface area (TPSA) is 70.2 Å². The molecule has 0 aliphatic rings. The van der Waals surface area contributed by atoms with Gasteiger partial charge in [0.1, 0.15) is 0 Å². The highest BCUT2D eigenvalue weighted by atomic mass is 16.5. The Hall–Kier alpha value is -4.26. The van der Waals surface area contributed by atoms with Crippen molar-refractivity contribution in [3.63, 3.8) is 0 Å². The summed E-state index contributed by atoms with van der Waals surface area (Å²) in [5.74, 6) is -0.316. The van der Waals surface area contributed by atoms with Gasteiger partial charge >= 0.3 is 11.7 Å². The van der Waals surface area contributed by atoms with Gasteiger partial charge in [-0.05, 0) is 60.9 Å². The van der Waals surface area contributed by atoms with Gasteiger partial charge in [-0.2, -0.15) is 0 Å². The van der Waals surface area contributed by atoms with Gasteiger partial charge in [0.25, 0.3) is 0 Å². The van der Waals surface area contributed by atoms with E-state index in [2.05, 4.69) is 48.1 Å². The number of carbonyl (C=O) groups excluding carboxylic acids is 1. The third-order valence-corrected chi connectivity index (χ3v) is 7.27. The maximum atomic E-state index is 14.1. The van der Waals surface area contributed by atoms with Crippen LogP contribution >= 0.6 is 0 Å². The van der Waals surface area contributed by atoms with Crippen LogP contribution in [0.5, 0.6) is 0 Å². The van der Waals surface area contributed by atoms with Crippen LogP contribution in [0.15, 0.2) is 77.7 Å². The molecule has 1 N–H and O–H groups in total. The minimum atomic E-state index is -0.316. The van der Waals surface area contributed by atoms with Crippen molar-refractivity contribution in [3.05, 3.63) is 94.5 Å². The predicted molar refractivity (Wildman–Crippen MR) is 153 cm³/mol. The lowest BCUT2D eigenvalue weighted by Crippen LogP contribution is -2.29. The van der Waals surface area contributed by atoms with Gasteiger partial charge in [0.2, 0.25) is 0 Å². The van der Waals surface area contributed by atoms with Crippen LogP contribution in [0.3, 0.4) is 0 Å². The van der Waals surface area contributed by atoms with Crippen molar-refractivity contribution in [2.75, 3.05) is 12.4 Å². The number of ether oxygens (including phenoxy) is 1. The molecule has 0 radical (unpaired) electrons. The number of esters is 1. The number of hydrogen-bond donors (Lipinski definition) is 1. The third-order valence-electron chi connectivity index (χ3n) is 7.27. The molecule has 38 heavy (non-hydrogen) atoms. The molecular formula is C31H34N4O3. The quantitative estimate of drug-likeness (QED) is 0.236. The number of hydrogen-bond acceptors (Lipinski definition) is 4. The van der Waals surface area contributed by atoms with E-state index in [4.69, 9.17) is 4.74 Å². The average molecular weight is 511 g/mol. The van der Waals surface area contributed by atoms with Gasteiger partial charge in [-0.25, -0.2) is 4.79 Å². The van der Waals surface area contributed by atoms with Crippen molar-refractivity contribution in [1.29, 1.82) is 0 Å². The first kappa shape index (κ1) is 25.4. The molecule has 5 rings (SSSR count). The van der Waals surface area contributed by atoms with Gasteiger partial charge in [0.05, 0.1) is 31.1 Å². The second-order valence-corrected chi connectivity index (χ2v) is 9.89. The van der Waals surface area contributed by atoms with Crippen molar-refractivity contribution < 1.29 is 9.53 Å². The fourth-order valence-electron chi connectivity index (χ4n) is 5.50. The molecule has 7 heteroatoms. The van der Waals surface area contributed by atoms with Gasteiger partial charge < -0.3 is 14.6 Å². The van der Waals surface area contributed by atoms with Crippen LogP contribution in [0.1, 0.15) is 43.4 Å². The number of methoxy groups -OCH3 is 1. The van der Waals surface area contributed by atoms with E-state index in [0.717, 1.165) is 39.9 Å². The zero-order valence-electron chi connectivity index (χ0n) is 22.4. The van der Waals surface area contributed by atoms with Crippen LogP contribution in [0.4, 0.5) is 11.4 Å². The van der Waals surface area contributed by atoms with Gasteiger partial charge in [0, 0.05) is 41.6 Å². The fourth-order valence-corrected chi connectivity index (χ4v) is 5.50. The molecule has 0 aliphatic carbocycles. The summed E-state index contributed by atoms with van der Waals surface area (Å²) in [6, 6.07) is 21.9. The Balaban J connectivity index is 1.69. The van der Waals surface area contributed by atoms with E-state index in [1.807, 2.05) is 60.1 Å². The molecule has 1 unspecified atom stereocenters. The van der Waals surface area contributed by atoms with Gasteiger partial charge in [-0.3, -0.25) is 13.9 Å². The zero-order chi connectivity index (χ0) is 26.8. The number of rotatable bonds is 9. The van der Waals surface area contributed by atoms with Gasteiger partial charge in [0.15, 0.2) is 0 Å². The molecule has 5 aromatic rings. The van der Waals surface area contributed by atoms with Crippen LogP contribution in [-0.4, -0.2) is 26.8 Å². The summed E-state index contributed by atoms with van der Waals surface area (Å²) in [5, 5.41) is 4.62. The van der Waals surface area contributed by atoms with Crippen LogP contribution in [0.2, 0.25) is 0 Å². The maximum absolute atomic E-state index is 14.1. The highest BCUT2D eigenvalue weighted by Gasteiger charge is 2.24. The SMILES string of the molecule is CCCC(CC(=O)OC)n1c(=O)n(Cc2cn(C)c3cccc(C)c23)c2cc(Nc3ccccc3)ccc21. The lowest BCUT2D eigenvalue weighted by molar-refractivity contribution is -0.141. The number of aromatic nitrogens is 3. The summed E-state index contributed by atoms with van der Waals surface area (Å²) in [7, 11) is 3.43. The Bertz CT molecular complexity index is 1660. The van der Waals surface area contributed by atoms with E-state index < -0.39 is 0 Å². The second-order valence-electron chi connectivity index (χ2n) is 9.89. The van der Waals surface area contributed by atoms with Crippen molar-refractivity contribution >= 4 is 39.3 Å². The van der Waals surface area contributed by atoms with Crippen molar-refractivity contribution in [3.8, 4) is 0 Å². The molecule has 0 bridgehead atoms. The Labute approximate surface area is 222 Å². The molecule has 196 valence electrons. The Morgan fingerprint density at radius 2 is 1.76 bits per heavy atom. The highest BCUT2D eigenvalue weighted by molar-refractivity contribution is 5.88. The molecule has 0 amide bonds. The van der Waals surface area contributed by atoms with E-state index >= 15 is 0 Å². The van der Waals surface area contributed by atoms with Gasteiger partial charge in [-0.15, -0.1) is 0 Å². The first-order chi connectivity index (χ1) is 18.4. The Morgan fingerprint density at radius 3 is 2.50 bits per heavy atom. The van der Waals surface area contributed by atoms with Crippen LogP contribution in [-0.2, 0) is 23.1 Å². The summed E-state index contributed by atoms with van der Waals surface area (Å²) >= 11 is 0. The normalized spacial score (nSPS) is 12.2. The minimum Gasteiger partial charge on any atom is -0.469 e. The summed E-state index contributed by atoms with van der Waals surface area (Å²) in [6.45, 7) is 4.60. The highest BCUT2D eigenvalue weighted by Crippen LogP contribution is 2.30. The lowest BCUT2D eigenvalue weighted by Gasteiger charge is -2.17. The molecule has 3 aromatic carbocycles. The molecular weight excluding hydrogens is 476 g/mol. The predicted octanol–water partition coefficient (Wildman–Crippen LogP) is 6.30. The molecule has 2 heterocycles. The molecule has 1 atom stereocenters. The molecule has 0 spiro atoms. The number of carbonyl (C=O) groups is 1. The van der Waals surface area contributed by atoms with E-state index in [0.29, 0.717) is 13.0 Å². The first-order valence-corrected chi connectivity index (χ1v) is 13.1. The van der Waals surface area contributed by atoms with Gasteiger partial charge in [-0.1, -0.05) is 43.7 Å². The molecule has 0 saturated heterocycles. The number of benzene rings is 3. The van der Waals surface area contributed by atoms with E-state index in [9.17, 15) is 9.59 Å². The number of para-hydroxylation sites is 1. The number of nitrogens with one attached hydrogen (secondary N) is 1. The number of aryl methyl sites for hydroxylation is 2. The van der Waals surface area contributed by atoms with E-state index in [1.54, 1.807) is 4.57 Å². The first-order valence-electron chi connectivity index (χ1n) is 13.1. The minimum absolute atomic E-state index is 0.121. The Morgan fingerprint density at radius 1 is 0.974 bits per heavy atom. The summed E-state index contributed by atoms with van der Waals surface area (Å²) in [4.78, 5) is 26.4. The molecule has 2 aromatic heterocycles. The molecule has 7 nitrogen and oxygen atoms in total. The van der Waals surface area contributed by atoms with Crippen LogP contribution < -0.4 is 11.0 Å². The monoisotopic (exact) mass is 510 g/mol. The number of fused-ring (bicyclic) bond motifs is 2. The van der Waals surface area contributed by atoms with Crippen molar-refractivity contribution in [2.45, 2.75) is 45.7 Å². The van der Waals surface area contributed by atoms with E-state index in [1.165, 1.54) is 18.1 Å². The molecule has 0 aliphatic heterocycles. The fraction of sp³-hybridized carbons (Fsp3) is 0.290. The zero-order valence-corrected chi connectivity index (χ0v) is 22.4. The Kier molecular flexibility index (Phi) is 7.09.